The van der Waals surface area contributed by atoms with Crippen molar-refractivity contribution in [2.45, 2.75) is 26.1 Å². The predicted octanol–water partition coefficient (Wildman–Crippen LogP) is 4.26. The molecule has 12 heteroatoms. The summed E-state index contributed by atoms with van der Waals surface area (Å²) in [4.78, 5) is 10.1. The summed E-state index contributed by atoms with van der Waals surface area (Å²) in [6, 6.07) is 5.74. The summed E-state index contributed by atoms with van der Waals surface area (Å²) in [6.07, 6.45) is -4.02. The van der Waals surface area contributed by atoms with Crippen LogP contribution in [0.15, 0.2) is 28.7 Å². The summed E-state index contributed by atoms with van der Waals surface area (Å²) in [5, 5.41) is 20.3. The fourth-order valence-electron chi connectivity index (χ4n) is 2.20. The number of aryl methyl sites for hydroxylation is 1. The van der Waals surface area contributed by atoms with Crippen LogP contribution in [0.4, 0.5) is 24.5 Å². The highest BCUT2D eigenvalue weighted by atomic mass is 79.9. The van der Waals surface area contributed by atoms with E-state index in [9.17, 15) is 23.3 Å². The van der Waals surface area contributed by atoms with Gasteiger partial charge in [0.05, 0.1) is 15.1 Å². The van der Waals surface area contributed by atoms with Gasteiger partial charge in [0, 0.05) is 30.9 Å². The second-order valence-electron chi connectivity index (χ2n) is 5.51. The van der Waals surface area contributed by atoms with E-state index in [1.54, 1.807) is 6.92 Å². The van der Waals surface area contributed by atoms with Crippen LogP contribution in [0.3, 0.4) is 0 Å². The number of nitro benzene ring substituents is 1. The van der Waals surface area contributed by atoms with Crippen molar-refractivity contribution < 1.29 is 18.1 Å². The van der Waals surface area contributed by atoms with Gasteiger partial charge in [-0.2, -0.15) is 18.3 Å². The highest BCUT2D eigenvalue weighted by molar-refractivity contribution is 9.10. The van der Waals surface area contributed by atoms with Gasteiger partial charge in [0.15, 0.2) is 10.8 Å². The smallest absolute Gasteiger partial charge is 0.362 e. The van der Waals surface area contributed by atoms with Crippen molar-refractivity contribution in [1.82, 2.24) is 15.1 Å². The van der Waals surface area contributed by atoms with Crippen LogP contribution in [0.5, 0.6) is 0 Å². The lowest BCUT2D eigenvalue weighted by Gasteiger charge is -2.11. The van der Waals surface area contributed by atoms with Crippen molar-refractivity contribution in [3.63, 3.8) is 0 Å². The molecule has 2 N–H and O–H groups in total. The second-order valence-corrected chi connectivity index (χ2v) is 6.71. The molecule has 0 saturated heterocycles. The van der Waals surface area contributed by atoms with Gasteiger partial charge < -0.3 is 10.6 Å². The number of nitrogens with one attached hydrogen (secondary N) is 2. The number of halogens is 4. The number of hydrogen-bond acceptors (Lipinski definition) is 4. The standard InChI is InChI=1S/C15H15BrF3N5O2S/c1-9-12(16)13(15(17,18)19)22-23(9)8-2-7-20-14(27)21-10-3-5-11(6-4-10)24(25)26/h3-6H,2,7-8H2,1H3,(H2,20,21,27). The molecule has 0 saturated carbocycles. The van der Waals surface area contributed by atoms with Gasteiger partial charge in [-0.25, -0.2) is 0 Å². The summed E-state index contributed by atoms with van der Waals surface area (Å²) in [7, 11) is 0. The molecule has 0 unspecified atom stereocenters. The fraction of sp³-hybridized carbons (Fsp3) is 0.333. The Morgan fingerprint density at radius 3 is 2.52 bits per heavy atom. The van der Waals surface area contributed by atoms with Crippen molar-refractivity contribution in [2.75, 3.05) is 11.9 Å². The first-order valence-electron chi connectivity index (χ1n) is 7.69. The Balaban J connectivity index is 1.81. The first-order valence-corrected chi connectivity index (χ1v) is 8.89. The van der Waals surface area contributed by atoms with Gasteiger partial charge in [0.25, 0.3) is 5.69 Å². The van der Waals surface area contributed by atoms with Crippen LogP contribution < -0.4 is 10.6 Å². The zero-order valence-electron chi connectivity index (χ0n) is 14.0. The van der Waals surface area contributed by atoms with Crippen molar-refractivity contribution in [2.24, 2.45) is 0 Å². The lowest BCUT2D eigenvalue weighted by molar-refractivity contribution is -0.384. The van der Waals surface area contributed by atoms with Crippen LogP contribution in [0, 0.1) is 17.0 Å². The molecule has 0 aliphatic rings. The average molecular weight is 466 g/mol. The molecular formula is C15H15BrF3N5O2S. The maximum absolute atomic E-state index is 12.8. The molecule has 0 aliphatic heterocycles. The molecule has 0 fully saturated rings. The van der Waals surface area contributed by atoms with E-state index in [4.69, 9.17) is 12.2 Å². The van der Waals surface area contributed by atoms with Crippen LogP contribution in [-0.2, 0) is 12.7 Å². The first kappa shape index (κ1) is 21.1. The van der Waals surface area contributed by atoms with Crippen molar-refractivity contribution >= 4 is 44.6 Å². The average Bonchev–Trinajstić information content (AvgIpc) is 2.87. The SMILES string of the molecule is Cc1c(Br)c(C(F)(F)F)nn1CCCNC(=S)Nc1ccc([N+](=O)[O-])cc1. The molecule has 0 aliphatic carbocycles. The van der Waals surface area contributed by atoms with Crippen LogP contribution in [0.25, 0.3) is 0 Å². The molecule has 146 valence electrons. The molecular weight excluding hydrogens is 451 g/mol. The molecule has 27 heavy (non-hydrogen) atoms. The quantitative estimate of drug-likeness (QED) is 0.287. The molecule has 1 aromatic heterocycles. The molecule has 2 aromatic rings. The van der Waals surface area contributed by atoms with Gasteiger partial charge in [0.2, 0.25) is 0 Å². The predicted molar refractivity (Wildman–Crippen MR) is 102 cm³/mol. The zero-order chi connectivity index (χ0) is 20.2. The number of alkyl halides is 3. The van der Waals surface area contributed by atoms with Gasteiger partial charge >= 0.3 is 6.18 Å². The van der Waals surface area contributed by atoms with Crippen LogP contribution in [-0.4, -0.2) is 26.4 Å². The minimum atomic E-state index is -4.51. The van der Waals surface area contributed by atoms with E-state index in [0.29, 0.717) is 29.5 Å². The minimum absolute atomic E-state index is 0.0293. The van der Waals surface area contributed by atoms with Gasteiger partial charge in [-0.1, -0.05) is 0 Å². The molecule has 1 aromatic carbocycles. The Morgan fingerprint density at radius 1 is 1.37 bits per heavy atom. The molecule has 0 atom stereocenters. The number of rotatable bonds is 6. The number of aromatic nitrogens is 2. The fourth-order valence-corrected chi connectivity index (χ4v) is 2.92. The van der Waals surface area contributed by atoms with Gasteiger partial charge in [-0.05, 0) is 53.6 Å². The topological polar surface area (TPSA) is 85.0 Å². The minimum Gasteiger partial charge on any atom is -0.362 e. The van der Waals surface area contributed by atoms with E-state index in [-0.39, 0.29) is 16.7 Å². The maximum atomic E-state index is 12.8. The number of nitrogens with zero attached hydrogens (tertiary/aromatic N) is 3. The Bertz CT molecular complexity index is 839. The summed E-state index contributed by atoms with van der Waals surface area (Å²) < 4.78 is 39.7. The Hall–Kier alpha value is -2.21. The highest BCUT2D eigenvalue weighted by Gasteiger charge is 2.37. The summed E-state index contributed by atoms with van der Waals surface area (Å²) >= 11 is 8.04. The summed E-state index contributed by atoms with van der Waals surface area (Å²) in [6.45, 7) is 2.26. The van der Waals surface area contributed by atoms with E-state index in [1.165, 1.54) is 28.9 Å². The molecule has 1 heterocycles. The van der Waals surface area contributed by atoms with E-state index in [2.05, 4.69) is 31.7 Å². The Kier molecular flexibility index (Phi) is 6.76. The number of thiocarbonyl (C=S) groups is 1. The largest absolute Gasteiger partial charge is 0.436 e. The normalized spacial score (nSPS) is 11.3. The Morgan fingerprint density at radius 2 is 2.00 bits per heavy atom. The van der Waals surface area contributed by atoms with Crippen LogP contribution in [0.2, 0.25) is 0 Å². The van der Waals surface area contributed by atoms with Crippen molar-refractivity contribution in [3.8, 4) is 0 Å². The monoisotopic (exact) mass is 465 g/mol. The van der Waals surface area contributed by atoms with Crippen LogP contribution in [0.1, 0.15) is 17.8 Å². The third kappa shape index (κ3) is 5.63. The first-order chi connectivity index (χ1) is 12.6. The van der Waals surface area contributed by atoms with E-state index >= 15 is 0 Å². The van der Waals surface area contributed by atoms with E-state index in [1.807, 2.05) is 0 Å². The van der Waals surface area contributed by atoms with Crippen LogP contribution >= 0.6 is 28.1 Å². The third-order valence-electron chi connectivity index (χ3n) is 3.57. The molecule has 0 amide bonds. The number of non-ortho nitro benzene ring substituents is 1. The van der Waals surface area contributed by atoms with Crippen molar-refractivity contribution in [3.05, 3.63) is 50.2 Å². The second kappa shape index (κ2) is 8.65. The maximum Gasteiger partial charge on any atom is 0.436 e. The summed E-state index contributed by atoms with van der Waals surface area (Å²) in [5.74, 6) is 0. The van der Waals surface area contributed by atoms with Gasteiger partial charge in [-0.15, -0.1) is 0 Å². The molecule has 0 spiro atoms. The number of nitro groups is 1. The van der Waals surface area contributed by atoms with Gasteiger partial charge in [-0.3, -0.25) is 14.8 Å². The lowest BCUT2D eigenvalue weighted by Crippen LogP contribution is -2.29. The zero-order valence-corrected chi connectivity index (χ0v) is 16.4. The molecule has 0 bridgehead atoms. The number of anilines is 1. The number of benzene rings is 1. The molecule has 7 nitrogen and oxygen atoms in total. The Labute approximate surface area is 166 Å². The lowest BCUT2D eigenvalue weighted by atomic mass is 10.3. The third-order valence-corrected chi connectivity index (χ3v) is 4.77. The van der Waals surface area contributed by atoms with E-state index in [0.717, 1.165) is 0 Å². The van der Waals surface area contributed by atoms with Gasteiger partial charge in [0.1, 0.15) is 0 Å². The summed E-state index contributed by atoms with van der Waals surface area (Å²) in [5.41, 5.74) is 0.00963. The highest BCUT2D eigenvalue weighted by Crippen LogP contribution is 2.35. The van der Waals surface area contributed by atoms with E-state index < -0.39 is 16.8 Å². The number of hydrogen-bond donors (Lipinski definition) is 2. The molecule has 2 rings (SSSR count). The molecule has 0 radical (unpaired) electrons. The van der Waals surface area contributed by atoms with Crippen molar-refractivity contribution in [1.29, 1.82) is 0 Å².